The second-order valence-electron chi connectivity index (χ2n) is 6.66. The van der Waals surface area contributed by atoms with Gasteiger partial charge in [-0.3, -0.25) is 0 Å². The molecule has 3 fully saturated rings. The van der Waals surface area contributed by atoms with Crippen LogP contribution in [0.5, 0.6) is 0 Å². The van der Waals surface area contributed by atoms with E-state index in [0.29, 0.717) is 0 Å². The normalized spacial score (nSPS) is 39.7. The molecule has 0 aromatic heterocycles. The number of nitrogens with zero attached hydrogens (tertiary/aromatic N) is 1. The van der Waals surface area contributed by atoms with Crippen molar-refractivity contribution < 1.29 is 0 Å². The summed E-state index contributed by atoms with van der Waals surface area (Å²) in [5.74, 6) is 1.92. The molecule has 0 amide bonds. The molecule has 98 valence electrons. The molecule has 0 aromatic rings. The molecule has 0 radical (unpaired) electrons. The molecule has 0 aromatic carbocycles. The van der Waals surface area contributed by atoms with E-state index in [9.17, 15) is 0 Å². The van der Waals surface area contributed by atoms with Crippen molar-refractivity contribution in [1.82, 2.24) is 10.2 Å². The molecule has 1 N–H and O–H groups in total. The lowest BCUT2D eigenvalue weighted by Gasteiger charge is -2.44. The molecule has 2 aliphatic carbocycles. The third kappa shape index (κ3) is 3.03. The minimum Gasteiger partial charge on any atom is -0.314 e. The maximum atomic E-state index is 3.73. The van der Waals surface area contributed by atoms with Crippen LogP contribution in [0.15, 0.2) is 0 Å². The average Bonchev–Trinajstić information content (AvgIpc) is 3.07. The Kier molecular flexibility index (Phi) is 3.72. The van der Waals surface area contributed by atoms with Gasteiger partial charge in [-0.1, -0.05) is 6.92 Å². The molecule has 2 nitrogen and oxygen atoms in total. The average molecular weight is 236 g/mol. The van der Waals surface area contributed by atoms with Gasteiger partial charge in [0, 0.05) is 12.1 Å². The van der Waals surface area contributed by atoms with Gasteiger partial charge >= 0.3 is 0 Å². The van der Waals surface area contributed by atoms with Crippen LogP contribution in [0.4, 0.5) is 0 Å². The third-order valence-electron chi connectivity index (χ3n) is 5.14. The molecular formula is C15H28N2. The smallest absolute Gasteiger partial charge is 0.0136 e. The molecule has 2 saturated carbocycles. The summed E-state index contributed by atoms with van der Waals surface area (Å²) in [5.41, 5.74) is 0. The van der Waals surface area contributed by atoms with E-state index in [2.05, 4.69) is 17.1 Å². The van der Waals surface area contributed by atoms with Crippen molar-refractivity contribution in [3.05, 3.63) is 0 Å². The molecular weight excluding hydrogens is 208 g/mol. The Morgan fingerprint density at radius 2 is 1.88 bits per heavy atom. The summed E-state index contributed by atoms with van der Waals surface area (Å²) >= 11 is 0. The van der Waals surface area contributed by atoms with Crippen molar-refractivity contribution in [2.24, 2.45) is 11.8 Å². The molecule has 3 unspecified atom stereocenters. The summed E-state index contributed by atoms with van der Waals surface area (Å²) < 4.78 is 0. The van der Waals surface area contributed by atoms with Gasteiger partial charge in [0.2, 0.25) is 0 Å². The molecule has 3 rings (SSSR count). The Bertz CT molecular complexity index is 249. The minimum atomic E-state index is 0.889. The second-order valence-corrected chi connectivity index (χ2v) is 6.66. The second kappa shape index (κ2) is 5.27. The van der Waals surface area contributed by atoms with Crippen molar-refractivity contribution in [2.45, 2.75) is 64.0 Å². The van der Waals surface area contributed by atoms with E-state index in [1.807, 2.05) is 0 Å². The number of rotatable bonds is 4. The van der Waals surface area contributed by atoms with Crippen LogP contribution in [0.25, 0.3) is 0 Å². The molecule has 1 saturated heterocycles. The van der Waals surface area contributed by atoms with Crippen LogP contribution < -0.4 is 5.32 Å². The Balaban J connectivity index is 1.45. The van der Waals surface area contributed by atoms with Crippen LogP contribution in [0, 0.1) is 11.8 Å². The summed E-state index contributed by atoms with van der Waals surface area (Å²) in [5, 5.41) is 3.73. The molecule has 2 heteroatoms. The van der Waals surface area contributed by atoms with Crippen molar-refractivity contribution >= 4 is 0 Å². The van der Waals surface area contributed by atoms with Crippen molar-refractivity contribution in [3.8, 4) is 0 Å². The fourth-order valence-corrected chi connectivity index (χ4v) is 3.49. The first-order chi connectivity index (χ1) is 8.33. The first kappa shape index (κ1) is 12.0. The molecule has 17 heavy (non-hydrogen) atoms. The highest BCUT2D eigenvalue weighted by Gasteiger charge is 2.36. The Morgan fingerprint density at radius 3 is 2.59 bits per heavy atom. The topological polar surface area (TPSA) is 15.3 Å². The lowest BCUT2D eigenvalue weighted by atomic mass is 9.78. The van der Waals surface area contributed by atoms with Gasteiger partial charge in [0.15, 0.2) is 0 Å². The fourth-order valence-electron chi connectivity index (χ4n) is 3.49. The molecule has 3 aliphatic rings. The van der Waals surface area contributed by atoms with E-state index in [-0.39, 0.29) is 0 Å². The van der Waals surface area contributed by atoms with E-state index >= 15 is 0 Å². The Hall–Kier alpha value is -0.0800. The van der Waals surface area contributed by atoms with E-state index in [1.54, 1.807) is 0 Å². The Labute approximate surface area is 106 Å². The molecule has 0 bridgehead atoms. The van der Waals surface area contributed by atoms with Crippen LogP contribution in [0.2, 0.25) is 0 Å². The van der Waals surface area contributed by atoms with Gasteiger partial charge in [-0.25, -0.2) is 0 Å². The predicted molar refractivity (Wildman–Crippen MR) is 72.1 cm³/mol. The van der Waals surface area contributed by atoms with Crippen molar-refractivity contribution in [1.29, 1.82) is 0 Å². The van der Waals surface area contributed by atoms with Gasteiger partial charge in [-0.15, -0.1) is 0 Å². The van der Waals surface area contributed by atoms with E-state index in [0.717, 1.165) is 23.9 Å². The highest BCUT2D eigenvalue weighted by atomic mass is 15.2. The lowest BCUT2D eigenvalue weighted by molar-refractivity contribution is 0.0637. The van der Waals surface area contributed by atoms with Crippen LogP contribution in [0.3, 0.4) is 0 Å². The fraction of sp³-hybridized carbons (Fsp3) is 1.00. The van der Waals surface area contributed by atoms with Crippen molar-refractivity contribution in [3.63, 3.8) is 0 Å². The Morgan fingerprint density at radius 1 is 1.00 bits per heavy atom. The zero-order valence-electron chi connectivity index (χ0n) is 11.3. The van der Waals surface area contributed by atoms with E-state index < -0.39 is 0 Å². The van der Waals surface area contributed by atoms with E-state index in [4.69, 9.17) is 0 Å². The van der Waals surface area contributed by atoms with Gasteiger partial charge < -0.3 is 10.2 Å². The van der Waals surface area contributed by atoms with Crippen LogP contribution in [0.1, 0.15) is 51.9 Å². The summed E-state index contributed by atoms with van der Waals surface area (Å²) in [7, 11) is 0. The monoisotopic (exact) mass is 236 g/mol. The highest BCUT2D eigenvalue weighted by Crippen LogP contribution is 2.34. The summed E-state index contributed by atoms with van der Waals surface area (Å²) in [4.78, 5) is 2.81. The molecule has 0 spiro atoms. The number of nitrogens with one attached hydrogen (secondary N) is 1. The zero-order chi connectivity index (χ0) is 11.7. The first-order valence-corrected chi connectivity index (χ1v) is 7.80. The molecule has 1 heterocycles. The molecule has 3 atom stereocenters. The number of hydrogen-bond donors (Lipinski definition) is 1. The number of likely N-dealkylation sites (tertiary alicyclic amines) is 1. The zero-order valence-corrected chi connectivity index (χ0v) is 11.3. The van der Waals surface area contributed by atoms with Gasteiger partial charge in [0.25, 0.3) is 0 Å². The lowest BCUT2D eigenvalue weighted by Crippen LogP contribution is -2.51. The molecule has 1 aliphatic heterocycles. The maximum Gasteiger partial charge on any atom is 0.0136 e. The van der Waals surface area contributed by atoms with Crippen LogP contribution in [-0.2, 0) is 0 Å². The maximum absolute atomic E-state index is 3.73. The summed E-state index contributed by atoms with van der Waals surface area (Å²) in [6.07, 6.45) is 10.1. The first-order valence-electron chi connectivity index (χ1n) is 7.80. The van der Waals surface area contributed by atoms with E-state index in [1.165, 1.54) is 64.6 Å². The largest absolute Gasteiger partial charge is 0.314 e. The van der Waals surface area contributed by atoms with Gasteiger partial charge in [0.1, 0.15) is 0 Å². The minimum absolute atomic E-state index is 0.889. The number of hydrogen-bond acceptors (Lipinski definition) is 2. The quantitative estimate of drug-likeness (QED) is 0.807. The van der Waals surface area contributed by atoms with Gasteiger partial charge in [-0.2, -0.15) is 0 Å². The van der Waals surface area contributed by atoms with Gasteiger partial charge in [-0.05, 0) is 76.4 Å². The van der Waals surface area contributed by atoms with Crippen molar-refractivity contribution in [2.75, 3.05) is 19.6 Å². The summed E-state index contributed by atoms with van der Waals surface area (Å²) in [6.45, 7) is 6.46. The van der Waals surface area contributed by atoms with Crippen LogP contribution in [-0.4, -0.2) is 36.6 Å². The SMILES string of the molecule is CC1CCCN(C2CCC2CNC2CC2)CC1. The summed E-state index contributed by atoms with van der Waals surface area (Å²) in [6, 6.07) is 1.81. The van der Waals surface area contributed by atoms with Gasteiger partial charge in [0.05, 0.1) is 0 Å². The standard InChI is InChI=1S/C15H28N2/c1-12-3-2-9-17(10-8-12)15-7-4-13(15)11-16-14-5-6-14/h12-16H,2-11H2,1H3. The van der Waals surface area contributed by atoms with Crippen LogP contribution >= 0.6 is 0 Å². The third-order valence-corrected chi connectivity index (χ3v) is 5.14. The highest BCUT2D eigenvalue weighted by molar-refractivity contribution is 4.93. The predicted octanol–water partition coefficient (Wildman–Crippen LogP) is 2.64.